The Morgan fingerprint density at radius 1 is 1.02 bits per heavy atom. The average Bonchev–Trinajstić information content (AvgIpc) is 3.52. The highest BCUT2D eigenvalue weighted by atomic mass is 35.5. The second-order valence-corrected chi connectivity index (χ2v) is 14.0. The summed E-state index contributed by atoms with van der Waals surface area (Å²) in [5.41, 5.74) is 7.92. The van der Waals surface area contributed by atoms with Crippen molar-refractivity contribution in [3.05, 3.63) is 81.5 Å². The Balaban J connectivity index is 1.13. The molecule has 0 radical (unpaired) electrons. The van der Waals surface area contributed by atoms with E-state index in [0.29, 0.717) is 52.7 Å². The van der Waals surface area contributed by atoms with Gasteiger partial charge >= 0.3 is 0 Å². The van der Waals surface area contributed by atoms with Crippen LogP contribution in [0.3, 0.4) is 0 Å². The molecule has 4 aromatic rings. The van der Waals surface area contributed by atoms with Gasteiger partial charge in [-0.3, -0.25) is 14.7 Å². The van der Waals surface area contributed by atoms with Gasteiger partial charge in [0.05, 0.1) is 41.8 Å². The number of carbonyl (C=O) groups excluding carboxylic acids is 1. The summed E-state index contributed by atoms with van der Waals surface area (Å²) in [4.78, 5) is 23.5. The van der Waals surface area contributed by atoms with Crippen molar-refractivity contribution in [1.29, 1.82) is 0 Å². The van der Waals surface area contributed by atoms with Crippen molar-refractivity contribution in [2.75, 3.05) is 33.9 Å². The molecule has 2 fully saturated rings. The van der Waals surface area contributed by atoms with Crippen LogP contribution < -0.4 is 20.1 Å². The van der Waals surface area contributed by atoms with Gasteiger partial charge < -0.3 is 25.2 Å². The molecule has 9 nitrogen and oxygen atoms in total. The van der Waals surface area contributed by atoms with Gasteiger partial charge in [0.2, 0.25) is 11.8 Å². The zero-order valence-corrected chi connectivity index (χ0v) is 29.3. The monoisotopic (exact) mass is 701 g/mol. The van der Waals surface area contributed by atoms with E-state index in [4.69, 9.17) is 42.6 Å². The summed E-state index contributed by atoms with van der Waals surface area (Å²) in [6, 6.07) is 16.0. The summed E-state index contributed by atoms with van der Waals surface area (Å²) >= 11 is 14.3. The summed E-state index contributed by atoms with van der Waals surface area (Å²) in [5, 5.41) is 17.1. The van der Waals surface area contributed by atoms with Gasteiger partial charge in [0.15, 0.2) is 0 Å². The molecule has 2 aromatic heterocycles. The Labute approximate surface area is 297 Å². The van der Waals surface area contributed by atoms with Gasteiger partial charge in [0.25, 0.3) is 0 Å². The first-order valence-electron chi connectivity index (χ1n) is 16.9. The third kappa shape index (κ3) is 7.14. The normalized spacial score (nSPS) is 20.4. The fourth-order valence-electron chi connectivity index (χ4n) is 7.31. The van der Waals surface area contributed by atoms with Gasteiger partial charge in [-0.05, 0) is 61.4 Å². The van der Waals surface area contributed by atoms with Crippen molar-refractivity contribution >= 4 is 29.1 Å². The molecule has 0 unspecified atom stereocenters. The van der Waals surface area contributed by atoms with Gasteiger partial charge in [0, 0.05) is 84.8 Å². The van der Waals surface area contributed by atoms with Gasteiger partial charge in [0.1, 0.15) is 5.75 Å². The molecule has 7 rings (SSSR count). The first-order chi connectivity index (χ1) is 23.8. The molecule has 1 amide bonds. The molecule has 1 aliphatic carbocycles. The number of benzene rings is 2. The number of fused-ring (bicyclic) bond motifs is 1. The summed E-state index contributed by atoms with van der Waals surface area (Å²) < 4.78 is 11.6. The van der Waals surface area contributed by atoms with Crippen LogP contribution in [0.1, 0.15) is 42.4 Å². The molecule has 1 saturated heterocycles. The largest absolute Gasteiger partial charge is 0.496 e. The van der Waals surface area contributed by atoms with E-state index in [1.165, 1.54) is 11.1 Å². The van der Waals surface area contributed by atoms with Crippen LogP contribution in [-0.2, 0) is 24.3 Å². The third-order valence-electron chi connectivity index (χ3n) is 9.98. The molecule has 11 heteroatoms. The fraction of sp³-hybridized carbons (Fsp3) is 0.395. The molecule has 0 bridgehead atoms. The number of nitrogens with zero attached hydrogens (tertiary/aromatic N) is 3. The van der Waals surface area contributed by atoms with E-state index in [1.807, 2.05) is 42.5 Å². The van der Waals surface area contributed by atoms with E-state index in [-0.39, 0.29) is 18.1 Å². The van der Waals surface area contributed by atoms with E-state index in [9.17, 15) is 9.90 Å². The maximum absolute atomic E-state index is 11.5. The number of aliphatic hydroxyl groups excluding tert-OH is 1. The second kappa shape index (κ2) is 14.6. The van der Waals surface area contributed by atoms with Crippen LogP contribution >= 0.6 is 23.2 Å². The number of ether oxygens (including phenoxy) is 2. The van der Waals surface area contributed by atoms with Gasteiger partial charge in [-0.1, -0.05) is 47.5 Å². The van der Waals surface area contributed by atoms with Crippen LogP contribution in [0.25, 0.3) is 33.6 Å². The smallest absolute Gasteiger partial charge is 0.220 e. The predicted octanol–water partition coefficient (Wildman–Crippen LogP) is 6.30. The van der Waals surface area contributed by atoms with Crippen LogP contribution in [0.15, 0.2) is 54.7 Å². The summed E-state index contributed by atoms with van der Waals surface area (Å²) in [6.45, 7) is 4.03. The Kier molecular flexibility index (Phi) is 10.1. The molecule has 4 heterocycles. The molecule has 256 valence electrons. The number of hydrogen-bond acceptors (Lipinski definition) is 8. The average molecular weight is 703 g/mol. The standard InChI is InChI=1S/C38H41Cl2N5O4/c1-48-33-17-25(16-23-11-13-45(21-31(23)33)20-22-14-27(46)15-22)37-36(40)29(10-12-42-37)28-4-3-5-30(35(28)39)32-8-6-24(38(44-32)49-2)18-41-19-26-7-9-34(47)43-26/h3-6,8,10,12,16-17,22,26-27,41,46H,7,9,11,13-15,18-21H2,1-2H3,(H,43,47)/t22?,26-,27?/m1/s1. The molecular weight excluding hydrogens is 661 g/mol. The summed E-state index contributed by atoms with van der Waals surface area (Å²) in [5.74, 6) is 2.01. The van der Waals surface area contributed by atoms with Gasteiger partial charge in [-0.25, -0.2) is 4.98 Å². The quantitative estimate of drug-likeness (QED) is 0.167. The SMILES string of the molecule is COc1cc(-c2nccc(-c3cccc(-c4ccc(CNC[C@H]5CCC(=O)N5)c(OC)n4)c3Cl)c2Cl)cc2c1CN(CC1CC(O)C1)CC2. The van der Waals surface area contributed by atoms with Gasteiger partial charge in [-0.2, -0.15) is 0 Å². The molecule has 49 heavy (non-hydrogen) atoms. The van der Waals surface area contributed by atoms with Crippen molar-refractivity contribution in [2.45, 2.75) is 57.3 Å². The van der Waals surface area contributed by atoms with Crippen LogP contribution in [0.4, 0.5) is 0 Å². The molecule has 1 saturated carbocycles. The van der Waals surface area contributed by atoms with E-state index < -0.39 is 0 Å². The molecule has 2 aromatic carbocycles. The van der Waals surface area contributed by atoms with E-state index >= 15 is 0 Å². The van der Waals surface area contributed by atoms with Crippen molar-refractivity contribution in [3.63, 3.8) is 0 Å². The maximum atomic E-state index is 11.5. The van der Waals surface area contributed by atoms with Crippen LogP contribution in [-0.4, -0.2) is 71.9 Å². The summed E-state index contributed by atoms with van der Waals surface area (Å²) in [6.07, 6.45) is 5.74. The highest BCUT2D eigenvalue weighted by Crippen LogP contribution is 2.43. The molecule has 3 aliphatic rings. The van der Waals surface area contributed by atoms with Crippen molar-refractivity contribution in [3.8, 4) is 45.3 Å². The molecule has 0 spiro atoms. The Morgan fingerprint density at radius 2 is 1.84 bits per heavy atom. The lowest BCUT2D eigenvalue weighted by Crippen LogP contribution is -2.40. The van der Waals surface area contributed by atoms with Crippen molar-refractivity contribution in [2.24, 2.45) is 5.92 Å². The summed E-state index contributed by atoms with van der Waals surface area (Å²) in [7, 11) is 3.32. The zero-order chi connectivity index (χ0) is 34.1. The minimum Gasteiger partial charge on any atom is -0.496 e. The molecule has 3 N–H and O–H groups in total. The topological polar surface area (TPSA) is 109 Å². The first kappa shape index (κ1) is 33.8. The van der Waals surface area contributed by atoms with E-state index in [1.54, 1.807) is 20.4 Å². The lowest BCUT2D eigenvalue weighted by Gasteiger charge is -2.38. The fourth-order valence-corrected chi connectivity index (χ4v) is 7.96. The lowest BCUT2D eigenvalue weighted by atomic mass is 9.81. The second-order valence-electron chi connectivity index (χ2n) is 13.3. The van der Waals surface area contributed by atoms with Crippen molar-refractivity contribution < 1.29 is 19.4 Å². The number of aromatic nitrogens is 2. The number of carbonyl (C=O) groups is 1. The maximum Gasteiger partial charge on any atom is 0.220 e. The highest BCUT2D eigenvalue weighted by molar-refractivity contribution is 6.39. The number of pyridine rings is 2. The number of methoxy groups -OCH3 is 2. The molecular formula is C38H41Cl2N5O4. The van der Waals surface area contributed by atoms with E-state index in [0.717, 1.165) is 78.9 Å². The molecule has 2 aliphatic heterocycles. The minimum atomic E-state index is -0.135. The van der Waals surface area contributed by atoms with Crippen LogP contribution in [0, 0.1) is 5.92 Å². The Hall–Kier alpha value is -3.73. The highest BCUT2D eigenvalue weighted by Gasteiger charge is 2.31. The minimum absolute atomic E-state index is 0.104. The first-order valence-corrected chi connectivity index (χ1v) is 17.6. The number of halogens is 2. The Bertz CT molecular complexity index is 1850. The van der Waals surface area contributed by atoms with Crippen LogP contribution in [0.2, 0.25) is 10.0 Å². The molecule has 1 atom stereocenters. The lowest BCUT2D eigenvalue weighted by molar-refractivity contribution is -0.119. The van der Waals surface area contributed by atoms with Gasteiger partial charge in [-0.15, -0.1) is 0 Å². The van der Waals surface area contributed by atoms with Crippen LogP contribution in [0.5, 0.6) is 11.6 Å². The number of rotatable bonds is 11. The number of amides is 1. The zero-order valence-electron chi connectivity index (χ0n) is 27.8. The third-order valence-corrected chi connectivity index (χ3v) is 10.8. The Morgan fingerprint density at radius 3 is 2.59 bits per heavy atom. The van der Waals surface area contributed by atoms with Crippen molar-refractivity contribution in [1.82, 2.24) is 25.5 Å². The van der Waals surface area contributed by atoms with E-state index in [2.05, 4.69) is 21.6 Å². The number of nitrogens with one attached hydrogen (secondary N) is 2. The number of aliphatic hydroxyl groups is 1. The number of hydrogen-bond donors (Lipinski definition) is 3. The predicted molar refractivity (Wildman–Crippen MR) is 192 cm³/mol.